The molecular formula is C15H23ClN2. The third kappa shape index (κ3) is 3.98. The van der Waals surface area contributed by atoms with Crippen molar-refractivity contribution >= 4 is 11.6 Å². The summed E-state index contributed by atoms with van der Waals surface area (Å²) in [7, 11) is 0. The van der Waals surface area contributed by atoms with E-state index in [1.165, 1.54) is 31.4 Å². The molecule has 0 aromatic heterocycles. The fourth-order valence-corrected chi connectivity index (χ4v) is 2.78. The van der Waals surface area contributed by atoms with Crippen LogP contribution in [0.15, 0.2) is 24.3 Å². The van der Waals surface area contributed by atoms with E-state index in [4.69, 9.17) is 11.6 Å². The Kier molecular flexibility index (Phi) is 5.48. The van der Waals surface area contributed by atoms with Gasteiger partial charge in [0.05, 0.1) is 0 Å². The zero-order valence-electron chi connectivity index (χ0n) is 11.2. The highest BCUT2D eigenvalue weighted by Crippen LogP contribution is 2.19. The zero-order chi connectivity index (χ0) is 12.8. The maximum absolute atomic E-state index is 6.22. The molecule has 1 aromatic rings. The number of benzene rings is 1. The molecule has 1 heterocycles. The Morgan fingerprint density at radius 1 is 1.39 bits per heavy atom. The molecule has 0 saturated carbocycles. The Bertz CT molecular complexity index is 367. The fourth-order valence-electron chi connectivity index (χ4n) is 2.58. The number of nitrogens with zero attached hydrogens (tertiary/aromatic N) is 1. The minimum absolute atomic E-state index is 0.654. The average Bonchev–Trinajstić information content (AvgIpc) is 2.40. The largest absolute Gasteiger partial charge is 0.313 e. The molecule has 1 fully saturated rings. The second-order valence-corrected chi connectivity index (χ2v) is 5.53. The van der Waals surface area contributed by atoms with Crippen LogP contribution in [0.3, 0.4) is 0 Å². The van der Waals surface area contributed by atoms with Crippen molar-refractivity contribution in [2.75, 3.05) is 19.6 Å². The summed E-state index contributed by atoms with van der Waals surface area (Å²) in [6.45, 7) is 6.66. The van der Waals surface area contributed by atoms with Crippen molar-refractivity contribution in [1.82, 2.24) is 10.2 Å². The van der Waals surface area contributed by atoms with Crippen LogP contribution in [0.1, 0.15) is 31.7 Å². The molecule has 1 atom stereocenters. The van der Waals surface area contributed by atoms with E-state index >= 15 is 0 Å². The average molecular weight is 267 g/mol. The van der Waals surface area contributed by atoms with Gasteiger partial charge in [-0.1, -0.05) is 36.7 Å². The normalized spacial score (nSPS) is 21.1. The van der Waals surface area contributed by atoms with Crippen LogP contribution in [0.2, 0.25) is 5.02 Å². The molecule has 100 valence electrons. The van der Waals surface area contributed by atoms with Crippen LogP contribution < -0.4 is 5.32 Å². The van der Waals surface area contributed by atoms with E-state index in [1.54, 1.807) is 0 Å². The van der Waals surface area contributed by atoms with Gasteiger partial charge in [0.15, 0.2) is 0 Å². The molecule has 2 nitrogen and oxygen atoms in total. The molecule has 0 radical (unpaired) electrons. The SMILES string of the molecule is CCCNC1CCCN(Cc2ccccc2Cl)C1. The molecule has 1 N–H and O–H groups in total. The molecule has 1 aromatic carbocycles. The van der Waals surface area contributed by atoms with Gasteiger partial charge in [-0.05, 0) is 44.0 Å². The number of hydrogen-bond donors (Lipinski definition) is 1. The number of hydrogen-bond acceptors (Lipinski definition) is 2. The number of likely N-dealkylation sites (tertiary alicyclic amines) is 1. The first-order valence-electron chi connectivity index (χ1n) is 6.98. The predicted molar refractivity (Wildman–Crippen MR) is 78.0 cm³/mol. The fraction of sp³-hybridized carbons (Fsp3) is 0.600. The molecule has 0 bridgehead atoms. The molecule has 1 unspecified atom stereocenters. The number of piperidine rings is 1. The molecule has 3 heteroatoms. The Morgan fingerprint density at radius 2 is 2.22 bits per heavy atom. The van der Waals surface area contributed by atoms with Gasteiger partial charge in [-0.2, -0.15) is 0 Å². The van der Waals surface area contributed by atoms with E-state index in [-0.39, 0.29) is 0 Å². The summed E-state index contributed by atoms with van der Waals surface area (Å²) in [6, 6.07) is 8.83. The van der Waals surface area contributed by atoms with Crippen molar-refractivity contribution in [3.8, 4) is 0 Å². The number of rotatable bonds is 5. The van der Waals surface area contributed by atoms with Crippen LogP contribution in [0.5, 0.6) is 0 Å². The predicted octanol–water partition coefficient (Wildman–Crippen LogP) is 3.30. The van der Waals surface area contributed by atoms with Crippen LogP contribution in [0.4, 0.5) is 0 Å². The first kappa shape index (κ1) is 13.9. The van der Waals surface area contributed by atoms with E-state index in [1.807, 2.05) is 12.1 Å². The van der Waals surface area contributed by atoms with Crippen molar-refractivity contribution in [3.63, 3.8) is 0 Å². The van der Waals surface area contributed by atoms with Gasteiger partial charge in [0.1, 0.15) is 0 Å². The summed E-state index contributed by atoms with van der Waals surface area (Å²) in [5.74, 6) is 0. The smallest absolute Gasteiger partial charge is 0.0451 e. The second kappa shape index (κ2) is 7.13. The summed E-state index contributed by atoms with van der Waals surface area (Å²) >= 11 is 6.22. The van der Waals surface area contributed by atoms with Crippen molar-refractivity contribution < 1.29 is 0 Å². The third-order valence-electron chi connectivity index (χ3n) is 3.54. The lowest BCUT2D eigenvalue weighted by molar-refractivity contribution is 0.184. The highest BCUT2D eigenvalue weighted by Gasteiger charge is 2.19. The van der Waals surface area contributed by atoms with Crippen molar-refractivity contribution in [1.29, 1.82) is 0 Å². The van der Waals surface area contributed by atoms with E-state index in [0.29, 0.717) is 6.04 Å². The molecule has 0 aliphatic carbocycles. The summed E-state index contributed by atoms with van der Waals surface area (Å²) in [5.41, 5.74) is 1.25. The third-order valence-corrected chi connectivity index (χ3v) is 3.91. The lowest BCUT2D eigenvalue weighted by atomic mass is 10.0. The lowest BCUT2D eigenvalue weighted by Crippen LogP contribution is -2.45. The van der Waals surface area contributed by atoms with Crippen molar-refractivity contribution in [2.45, 2.75) is 38.8 Å². The van der Waals surface area contributed by atoms with Gasteiger partial charge in [-0.15, -0.1) is 0 Å². The van der Waals surface area contributed by atoms with Crippen LogP contribution >= 0.6 is 11.6 Å². The van der Waals surface area contributed by atoms with Gasteiger partial charge in [0.25, 0.3) is 0 Å². The molecule has 1 saturated heterocycles. The molecule has 18 heavy (non-hydrogen) atoms. The number of halogens is 1. The van der Waals surface area contributed by atoms with Gasteiger partial charge in [-0.3, -0.25) is 4.90 Å². The maximum Gasteiger partial charge on any atom is 0.0451 e. The summed E-state index contributed by atoms with van der Waals surface area (Å²) in [4.78, 5) is 2.51. The van der Waals surface area contributed by atoms with Gasteiger partial charge in [0, 0.05) is 24.2 Å². The van der Waals surface area contributed by atoms with Gasteiger partial charge < -0.3 is 5.32 Å². The zero-order valence-corrected chi connectivity index (χ0v) is 11.9. The molecular weight excluding hydrogens is 244 g/mol. The van der Waals surface area contributed by atoms with Crippen molar-refractivity contribution in [3.05, 3.63) is 34.9 Å². The highest BCUT2D eigenvalue weighted by atomic mass is 35.5. The van der Waals surface area contributed by atoms with E-state index in [2.05, 4.69) is 29.3 Å². The number of nitrogens with one attached hydrogen (secondary N) is 1. The van der Waals surface area contributed by atoms with Crippen LogP contribution in [0.25, 0.3) is 0 Å². The van der Waals surface area contributed by atoms with Crippen molar-refractivity contribution in [2.24, 2.45) is 0 Å². The molecule has 0 amide bonds. The Hall–Kier alpha value is -0.570. The van der Waals surface area contributed by atoms with E-state index in [0.717, 1.165) is 24.7 Å². The molecule has 2 rings (SSSR count). The minimum atomic E-state index is 0.654. The first-order chi connectivity index (χ1) is 8.79. The minimum Gasteiger partial charge on any atom is -0.313 e. The summed E-state index contributed by atoms with van der Waals surface area (Å²) in [6.07, 6.45) is 3.80. The van der Waals surface area contributed by atoms with Crippen LogP contribution in [-0.2, 0) is 6.54 Å². The maximum atomic E-state index is 6.22. The molecule has 0 spiro atoms. The quantitative estimate of drug-likeness (QED) is 0.880. The van der Waals surface area contributed by atoms with E-state index < -0.39 is 0 Å². The Balaban J connectivity index is 1.87. The summed E-state index contributed by atoms with van der Waals surface area (Å²) in [5, 5.41) is 4.52. The molecule has 1 aliphatic rings. The Morgan fingerprint density at radius 3 is 3.00 bits per heavy atom. The van der Waals surface area contributed by atoms with Crippen LogP contribution in [-0.4, -0.2) is 30.6 Å². The highest BCUT2D eigenvalue weighted by molar-refractivity contribution is 6.31. The van der Waals surface area contributed by atoms with Gasteiger partial charge >= 0.3 is 0 Å². The first-order valence-corrected chi connectivity index (χ1v) is 7.36. The standard InChI is InChI=1S/C15H23ClN2/c1-2-9-17-14-7-5-10-18(12-14)11-13-6-3-4-8-15(13)16/h3-4,6,8,14,17H,2,5,7,9-12H2,1H3. The lowest BCUT2D eigenvalue weighted by Gasteiger charge is -2.33. The Labute approximate surface area is 115 Å². The van der Waals surface area contributed by atoms with Gasteiger partial charge in [0.2, 0.25) is 0 Å². The monoisotopic (exact) mass is 266 g/mol. The topological polar surface area (TPSA) is 15.3 Å². The second-order valence-electron chi connectivity index (χ2n) is 5.12. The van der Waals surface area contributed by atoms with E-state index in [9.17, 15) is 0 Å². The molecule has 1 aliphatic heterocycles. The van der Waals surface area contributed by atoms with Gasteiger partial charge in [-0.25, -0.2) is 0 Å². The van der Waals surface area contributed by atoms with Crippen LogP contribution in [0, 0.1) is 0 Å². The summed E-state index contributed by atoms with van der Waals surface area (Å²) < 4.78 is 0.